The van der Waals surface area contributed by atoms with Gasteiger partial charge in [0.25, 0.3) is 15.9 Å². The van der Waals surface area contributed by atoms with E-state index in [0.29, 0.717) is 5.56 Å². The Kier molecular flexibility index (Phi) is 6.10. The summed E-state index contributed by atoms with van der Waals surface area (Å²) in [6.45, 7) is 0.661. The molecule has 0 atom stereocenters. The molecular weight excluding hydrogens is 420 g/mol. The molecule has 0 saturated carbocycles. The van der Waals surface area contributed by atoms with E-state index >= 15 is 0 Å². The van der Waals surface area contributed by atoms with Crippen molar-refractivity contribution in [1.29, 1.82) is 0 Å². The van der Waals surface area contributed by atoms with E-state index in [1.807, 2.05) is 0 Å². The molecule has 156 valence electrons. The van der Waals surface area contributed by atoms with Gasteiger partial charge in [-0.2, -0.15) is 4.31 Å². The molecule has 0 radical (unpaired) electrons. The average molecular weight is 440 g/mol. The van der Waals surface area contributed by atoms with Gasteiger partial charge in [-0.25, -0.2) is 13.2 Å². The Labute approximate surface area is 172 Å². The van der Waals surface area contributed by atoms with Gasteiger partial charge in [-0.05, 0) is 24.3 Å². The number of piperazine rings is 1. The van der Waals surface area contributed by atoms with Crippen LogP contribution in [0.3, 0.4) is 0 Å². The van der Waals surface area contributed by atoms with Crippen molar-refractivity contribution in [3.05, 3.63) is 40.8 Å². The van der Waals surface area contributed by atoms with Crippen molar-refractivity contribution < 1.29 is 32.6 Å². The van der Waals surface area contributed by atoms with E-state index < -0.39 is 16.0 Å². The number of aromatic hydroxyl groups is 1. The number of esters is 1. The van der Waals surface area contributed by atoms with Gasteiger partial charge in [0.15, 0.2) is 9.96 Å². The number of phenols is 1. The van der Waals surface area contributed by atoms with E-state index in [1.54, 1.807) is 4.90 Å². The van der Waals surface area contributed by atoms with Crippen molar-refractivity contribution in [2.24, 2.45) is 0 Å². The minimum Gasteiger partial charge on any atom is -0.508 e. The fraction of sp³-hybridized carbons (Fsp3) is 0.333. The van der Waals surface area contributed by atoms with Crippen LogP contribution in [-0.4, -0.2) is 75.0 Å². The van der Waals surface area contributed by atoms with Crippen LogP contribution in [-0.2, 0) is 14.8 Å². The number of sulfonamides is 1. The van der Waals surface area contributed by atoms with Crippen LogP contribution < -0.4 is 4.74 Å². The van der Waals surface area contributed by atoms with Gasteiger partial charge in [-0.3, -0.25) is 4.79 Å². The molecule has 1 saturated heterocycles. The summed E-state index contributed by atoms with van der Waals surface area (Å²) in [4.78, 5) is 26.0. The number of thiophene rings is 1. The number of phenolic OH excluding ortho intramolecular Hbond substituents is 1. The fourth-order valence-electron chi connectivity index (χ4n) is 2.92. The van der Waals surface area contributed by atoms with Crippen LogP contribution in [0.2, 0.25) is 0 Å². The van der Waals surface area contributed by atoms with Crippen molar-refractivity contribution in [2.45, 2.75) is 4.21 Å². The minimum atomic E-state index is -3.90. The van der Waals surface area contributed by atoms with Crippen molar-refractivity contribution in [2.75, 3.05) is 40.4 Å². The number of rotatable bonds is 5. The van der Waals surface area contributed by atoms with Crippen molar-refractivity contribution in [3.8, 4) is 11.5 Å². The van der Waals surface area contributed by atoms with Crippen molar-refractivity contribution in [1.82, 2.24) is 9.21 Å². The number of nitrogens with zero attached hydrogens (tertiary/aromatic N) is 2. The largest absolute Gasteiger partial charge is 0.508 e. The van der Waals surface area contributed by atoms with E-state index in [9.17, 15) is 23.1 Å². The molecule has 2 aromatic rings. The second kappa shape index (κ2) is 8.39. The third-order valence-corrected chi connectivity index (χ3v) is 7.97. The summed E-state index contributed by atoms with van der Waals surface area (Å²) in [5.74, 6) is -0.727. The van der Waals surface area contributed by atoms with Gasteiger partial charge in [0, 0.05) is 37.8 Å². The molecule has 1 N–H and O–H groups in total. The van der Waals surface area contributed by atoms with Gasteiger partial charge >= 0.3 is 5.97 Å². The van der Waals surface area contributed by atoms with Crippen molar-refractivity contribution in [3.63, 3.8) is 0 Å². The molecule has 1 fully saturated rings. The molecule has 0 spiro atoms. The molecule has 2 heterocycles. The highest BCUT2D eigenvalue weighted by Gasteiger charge is 2.34. The van der Waals surface area contributed by atoms with Crippen LogP contribution in [0.1, 0.15) is 20.0 Å². The first-order chi connectivity index (χ1) is 13.8. The van der Waals surface area contributed by atoms with E-state index in [-0.39, 0.29) is 52.7 Å². The number of carbonyl (C=O) groups is 2. The van der Waals surface area contributed by atoms with Crippen LogP contribution >= 0.6 is 11.3 Å². The number of ether oxygens (including phenoxy) is 2. The summed E-state index contributed by atoms with van der Waals surface area (Å²) in [5, 5.41) is 9.34. The second-order valence-electron chi connectivity index (χ2n) is 6.20. The molecule has 0 aliphatic carbocycles. The molecule has 9 nitrogen and oxygen atoms in total. The third kappa shape index (κ3) is 4.21. The Morgan fingerprint density at radius 2 is 1.69 bits per heavy atom. The Balaban J connectivity index is 1.74. The summed E-state index contributed by atoms with van der Waals surface area (Å²) in [7, 11) is -1.35. The molecular formula is C18H20N2O7S2. The average Bonchev–Trinajstić information content (AvgIpc) is 3.19. The lowest BCUT2D eigenvalue weighted by Crippen LogP contribution is -2.50. The summed E-state index contributed by atoms with van der Waals surface area (Å²) >= 11 is 0.789. The van der Waals surface area contributed by atoms with E-state index in [1.165, 1.54) is 48.9 Å². The van der Waals surface area contributed by atoms with Gasteiger partial charge < -0.3 is 19.5 Å². The first kappa shape index (κ1) is 21.1. The number of carbonyl (C=O) groups excluding carboxylic acids is 2. The van der Waals surface area contributed by atoms with E-state index in [4.69, 9.17) is 4.74 Å². The Morgan fingerprint density at radius 1 is 1.07 bits per heavy atom. The molecule has 29 heavy (non-hydrogen) atoms. The highest BCUT2D eigenvalue weighted by molar-refractivity contribution is 7.91. The maximum Gasteiger partial charge on any atom is 0.348 e. The van der Waals surface area contributed by atoms with Gasteiger partial charge in [0.2, 0.25) is 0 Å². The summed E-state index contributed by atoms with van der Waals surface area (Å²) < 4.78 is 37.1. The maximum atomic E-state index is 13.0. The third-order valence-electron chi connectivity index (χ3n) is 4.49. The van der Waals surface area contributed by atoms with Crippen LogP contribution in [0.4, 0.5) is 0 Å². The predicted octanol–water partition coefficient (Wildman–Crippen LogP) is 1.40. The smallest absolute Gasteiger partial charge is 0.348 e. The van der Waals surface area contributed by atoms with Gasteiger partial charge in [-0.1, -0.05) is 0 Å². The zero-order chi connectivity index (χ0) is 21.2. The Bertz CT molecular complexity index is 1010. The lowest BCUT2D eigenvalue weighted by molar-refractivity contribution is 0.0605. The second-order valence-corrected chi connectivity index (χ2v) is 9.39. The number of amides is 1. The van der Waals surface area contributed by atoms with Gasteiger partial charge in [-0.15, -0.1) is 11.3 Å². The molecule has 1 amide bonds. The number of hydrogen-bond acceptors (Lipinski definition) is 8. The van der Waals surface area contributed by atoms with Crippen LogP contribution in [0.25, 0.3) is 0 Å². The molecule has 1 aliphatic heterocycles. The quantitative estimate of drug-likeness (QED) is 0.699. The van der Waals surface area contributed by atoms with Crippen molar-refractivity contribution >= 4 is 33.2 Å². The lowest BCUT2D eigenvalue weighted by Gasteiger charge is -2.33. The van der Waals surface area contributed by atoms with Gasteiger partial charge in [0.1, 0.15) is 10.6 Å². The highest BCUT2D eigenvalue weighted by atomic mass is 32.2. The molecule has 1 aromatic carbocycles. The molecule has 1 aromatic heterocycles. The first-order valence-corrected chi connectivity index (χ1v) is 10.9. The van der Waals surface area contributed by atoms with Gasteiger partial charge in [0.05, 0.1) is 14.2 Å². The Morgan fingerprint density at radius 3 is 2.24 bits per heavy atom. The summed E-state index contributed by atoms with van der Waals surface area (Å²) in [5.41, 5.74) is 0.418. The SMILES string of the molecule is COC(=O)c1cc(OC)c(S(=O)(=O)N2CCN(C(=O)c3ccc(O)cc3)CC2)s1. The molecule has 11 heteroatoms. The number of methoxy groups -OCH3 is 2. The van der Waals surface area contributed by atoms with E-state index in [0.717, 1.165) is 11.3 Å². The fourth-order valence-corrected chi connectivity index (χ4v) is 5.97. The molecule has 1 aliphatic rings. The normalized spacial score (nSPS) is 15.2. The molecule has 0 bridgehead atoms. The lowest BCUT2D eigenvalue weighted by atomic mass is 10.2. The predicted molar refractivity (Wildman–Crippen MR) is 105 cm³/mol. The van der Waals surface area contributed by atoms with Crippen LogP contribution in [0.5, 0.6) is 11.5 Å². The van der Waals surface area contributed by atoms with Crippen LogP contribution in [0, 0.1) is 0 Å². The minimum absolute atomic E-state index is 0.0636. The topological polar surface area (TPSA) is 113 Å². The zero-order valence-corrected chi connectivity index (χ0v) is 17.5. The maximum absolute atomic E-state index is 13.0. The number of benzene rings is 1. The standard InChI is InChI=1S/C18H20N2O7S2/c1-26-14-11-15(17(23)27-2)28-18(14)29(24,25)20-9-7-19(8-10-20)16(22)12-3-5-13(21)6-4-12/h3-6,11,21H,7-10H2,1-2H3. The number of hydrogen-bond donors (Lipinski definition) is 1. The van der Waals surface area contributed by atoms with Crippen LogP contribution in [0.15, 0.2) is 34.5 Å². The highest BCUT2D eigenvalue weighted by Crippen LogP contribution is 2.36. The molecule has 3 rings (SSSR count). The Hall–Kier alpha value is -2.63. The molecule has 0 unspecified atom stereocenters. The van der Waals surface area contributed by atoms with E-state index in [2.05, 4.69) is 4.74 Å². The zero-order valence-electron chi connectivity index (χ0n) is 15.8. The summed E-state index contributed by atoms with van der Waals surface area (Å²) in [6.07, 6.45) is 0. The summed E-state index contributed by atoms with van der Waals surface area (Å²) in [6, 6.07) is 7.23. The monoisotopic (exact) mass is 440 g/mol. The first-order valence-electron chi connectivity index (χ1n) is 8.62.